The number of benzene rings is 2. The third-order valence-electron chi connectivity index (χ3n) is 4.43. The Hall–Kier alpha value is -3.00. The first-order chi connectivity index (χ1) is 13.3. The zero-order valence-corrected chi connectivity index (χ0v) is 16.3. The van der Waals surface area contributed by atoms with Gasteiger partial charge in [0.1, 0.15) is 17.7 Å². The summed E-state index contributed by atoms with van der Waals surface area (Å²) < 4.78 is 39.3. The molecular formula is C20H20FN3O3S. The van der Waals surface area contributed by atoms with Crippen LogP contribution < -0.4 is 5.32 Å². The van der Waals surface area contributed by atoms with Crippen molar-refractivity contribution in [2.24, 2.45) is 7.05 Å². The Kier molecular flexibility index (Phi) is 5.60. The first kappa shape index (κ1) is 19.8. The summed E-state index contributed by atoms with van der Waals surface area (Å²) in [5, 5.41) is 2.85. The fourth-order valence-electron chi connectivity index (χ4n) is 2.83. The Bertz CT molecular complexity index is 1090. The van der Waals surface area contributed by atoms with Crippen LogP contribution in [0.25, 0.3) is 0 Å². The minimum Gasteiger partial charge on any atom is -0.338 e. The fourth-order valence-corrected chi connectivity index (χ4v) is 3.72. The average molecular weight is 401 g/mol. The van der Waals surface area contributed by atoms with Gasteiger partial charge in [-0.25, -0.2) is 17.8 Å². The maximum Gasteiger partial charge on any atom is 0.252 e. The molecule has 1 amide bonds. The van der Waals surface area contributed by atoms with Crippen molar-refractivity contribution in [2.75, 3.05) is 5.75 Å². The lowest BCUT2D eigenvalue weighted by Crippen LogP contribution is -2.31. The number of nitrogens with one attached hydrogen (secondary N) is 1. The second-order valence-corrected chi connectivity index (χ2v) is 8.56. The Labute approximate surface area is 163 Å². The van der Waals surface area contributed by atoms with Crippen molar-refractivity contribution in [3.05, 3.63) is 83.7 Å². The van der Waals surface area contributed by atoms with E-state index in [9.17, 15) is 17.6 Å². The third kappa shape index (κ3) is 4.12. The second kappa shape index (κ2) is 7.93. The highest BCUT2D eigenvalue weighted by atomic mass is 32.2. The predicted octanol–water partition coefficient (Wildman–Crippen LogP) is 2.87. The molecule has 2 aromatic carbocycles. The number of halogens is 1. The number of aromatic nitrogens is 2. The van der Waals surface area contributed by atoms with E-state index in [1.807, 2.05) is 0 Å². The standard InChI is InChI=1S/C20H20FN3O3S/c1-3-28(26,27)17-9-7-14(8-10-17)20(25)23-18(19-22-11-12-24(19)2)15-5-4-6-16(21)13-15/h4-13,18H,3H2,1-2H3,(H,23,25). The molecule has 0 saturated carbocycles. The second-order valence-electron chi connectivity index (χ2n) is 6.29. The van der Waals surface area contributed by atoms with Crippen LogP contribution in [0.2, 0.25) is 0 Å². The van der Waals surface area contributed by atoms with Gasteiger partial charge in [0.25, 0.3) is 5.91 Å². The van der Waals surface area contributed by atoms with E-state index in [0.29, 0.717) is 17.0 Å². The summed E-state index contributed by atoms with van der Waals surface area (Å²) in [6.45, 7) is 1.56. The molecule has 1 N–H and O–H groups in total. The predicted molar refractivity (Wildman–Crippen MR) is 103 cm³/mol. The van der Waals surface area contributed by atoms with Crippen LogP contribution in [-0.2, 0) is 16.9 Å². The number of nitrogens with zero attached hydrogens (tertiary/aromatic N) is 2. The van der Waals surface area contributed by atoms with Crippen LogP contribution >= 0.6 is 0 Å². The molecule has 0 aliphatic heterocycles. The van der Waals surface area contributed by atoms with Crippen LogP contribution in [0.5, 0.6) is 0 Å². The van der Waals surface area contributed by atoms with Gasteiger partial charge in [-0.1, -0.05) is 19.1 Å². The molecule has 0 bridgehead atoms. The van der Waals surface area contributed by atoms with Crippen molar-refractivity contribution in [1.82, 2.24) is 14.9 Å². The van der Waals surface area contributed by atoms with Gasteiger partial charge in [-0.2, -0.15) is 0 Å². The summed E-state index contributed by atoms with van der Waals surface area (Å²) in [6, 6.07) is 11.0. The van der Waals surface area contributed by atoms with Crippen LogP contribution in [0, 0.1) is 5.82 Å². The Morgan fingerprint density at radius 1 is 1.21 bits per heavy atom. The van der Waals surface area contributed by atoms with Crippen molar-refractivity contribution in [2.45, 2.75) is 17.9 Å². The van der Waals surface area contributed by atoms with Crippen LogP contribution in [0.4, 0.5) is 4.39 Å². The van der Waals surface area contributed by atoms with Gasteiger partial charge in [-0.3, -0.25) is 4.79 Å². The first-order valence-electron chi connectivity index (χ1n) is 8.68. The zero-order chi connectivity index (χ0) is 20.3. The molecule has 1 atom stereocenters. The Balaban J connectivity index is 1.91. The molecule has 8 heteroatoms. The Morgan fingerprint density at radius 2 is 1.93 bits per heavy atom. The van der Waals surface area contributed by atoms with E-state index in [1.54, 1.807) is 43.1 Å². The SMILES string of the molecule is CCS(=O)(=O)c1ccc(C(=O)NC(c2cccc(F)c2)c2nccn2C)cc1. The summed E-state index contributed by atoms with van der Waals surface area (Å²) in [4.78, 5) is 17.2. The fraction of sp³-hybridized carbons (Fsp3) is 0.200. The topological polar surface area (TPSA) is 81.1 Å². The summed E-state index contributed by atoms with van der Waals surface area (Å²) in [6.07, 6.45) is 3.33. The lowest BCUT2D eigenvalue weighted by molar-refractivity contribution is 0.0941. The molecule has 1 aromatic heterocycles. The number of aryl methyl sites for hydroxylation is 1. The number of hydrogen-bond donors (Lipinski definition) is 1. The lowest BCUT2D eigenvalue weighted by atomic mass is 10.0. The first-order valence-corrected chi connectivity index (χ1v) is 10.3. The minimum absolute atomic E-state index is 0.0145. The van der Waals surface area contributed by atoms with Gasteiger partial charge >= 0.3 is 0 Å². The summed E-state index contributed by atoms with van der Waals surface area (Å²) in [5.74, 6) is -0.304. The minimum atomic E-state index is -3.34. The molecular weight excluding hydrogens is 381 g/mol. The van der Waals surface area contributed by atoms with E-state index in [1.165, 1.54) is 36.4 Å². The van der Waals surface area contributed by atoms with Gasteiger partial charge in [-0.15, -0.1) is 0 Å². The molecule has 6 nitrogen and oxygen atoms in total. The summed E-state index contributed by atoms with van der Waals surface area (Å²) in [7, 11) is -1.56. The number of amides is 1. The van der Waals surface area contributed by atoms with Crippen molar-refractivity contribution < 1.29 is 17.6 Å². The van der Waals surface area contributed by atoms with Crippen molar-refractivity contribution >= 4 is 15.7 Å². The van der Waals surface area contributed by atoms with E-state index in [4.69, 9.17) is 0 Å². The van der Waals surface area contributed by atoms with Crippen LogP contribution in [0.3, 0.4) is 0 Å². The monoisotopic (exact) mass is 401 g/mol. The number of rotatable bonds is 6. The normalized spacial score (nSPS) is 12.5. The van der Waals surface area contributed by atoms with Gasteiger partial charge < -0.3 is 9.88 Å². The molecule has 0 radical (unpaired) electrons. The summed E-state index contributed by atoms with van der Waals surface area (Å²) in [5.41, 5.74) is 0.846. The molecule has 146 valence electrons. The molecule has 1 heterocycles. The van der Waals surface area contributed by atoms with Gasteiger partial charge in [0.05, 0.1) is 10.6 Å². The average Bonchev–Trinajstić information content (AvgIpc) is 3.11. The van der Waals surface area contributed by atoms with Gasteiger partial charge in [0.2, 0.25) is 0 Å². The van der Waals surface area contributed by atoms with Crippen LogP contribution in [0.1, 0.15) is 34.7 Å². The molecule has 3 rings (SSSR count). The maximum absolute atomic E-state index is 13.7. The Morgan fingerprint density at radius 3 is 2.50 bits per heavy atom. The van der Waals surface area contributed by atoms with Gasteiger partial charge in [0.15, 0.2) is 9.84 Å². The highest BCUT2D eigenvalue weighted by Gasteiger charge is 2.22. The highest BCUT2D eigenvalue weighted by molar-refractivity contribution is 7.91. The van der Waals surface area contributed by atoms with E-state index < -0.39 is 27.6 Å². The third-order valence-corrected chi connectivity index (χ3v) is 6.18. The molecule has 28 heavy (non-hydrogen) atoms. The number of sulfone groups is 1. The molecule has 0 aliphatic rings. The smallest absolute Gasteiger partial charge is 0.252 e. The summed E-state index contributed by atoms with van der Waals surface area (Å²) >= 11 is 0. The molecule has 0 aliphatic carbocycles. The van der Waals surface area contributed by atoms with Crippen molar-refractivity contribution in [3.8, 4) is 0 Å². The lowest BCUT2D eigenvalue weighted by Gasteiger charge is -2.19. The van der Waals surface area contributed by atoms with E-state index in [0.717, 1.165) is 0 Å². The molecule has 0 saturated heterocycles. The van der Waals surface area contributed by atoms with Gasteiger partial charge in [0, 0.05) is 25.0 Å². The van der Waals surface area contributed by atoms with E-state index in [2.05, 4.69) is 10.3 Å². The number of carbonyl (C=O) groups excluding carboxylic acids is 1. The molecule has 3 aromatic rings. The van der Waals surface area contributed by atoms with E-state index in [-0.39, 0.29) is 10.6 Å². The molecule has 0 fully saturated rings. The van der Waals surface area contributed by atoms with E-state index >= 15 is 0 Å². The van der Waals surface area contributed by atoms with Crippen molar-refractivity contribution in [1.29, 1.82) is 0 Å². The quantitative estimate of drug-likeness (QED) is 0.689. The van der Waals surface area contributed by atoms with Crippen LogP contribution in [0.15, 0.2) is 65.8 Å². The number of imidazole rings is 1. The maximum atomic E-state index is 13.7. The molecule has 1 unspecified atom stereocenters. The number of carbonyl (C=O) groups is 1. The zero-order valence-electron chi connectivity index (χ0n) is 15.5. The number of hydrogen-bond acceptors (Lipinski definition) is 4. The largest absolute Gasteiger partial charge is 0.338 e. The van der Waals surface area contributed by atoms with Crippen LogP contribution in [-0.4, -0.2) is 29.6 Å². The highest BCUT2D eigenvalue weighted by Crippen LogP contribution is 2.22. The van der Waals surface area contributed by atoms with Crippen molar-refractivity contribution in [3.63, 3.8) is 0 Å². The van der Waals surface area contributed by atoms with Gasteiger partial charge in [-0.05, 0) is 42.0 Å². The molecule has 0 spiro atoms.